The summed E-state index contributed by atoms with van der Waals surface area (Å²) in [4.78, 5) is 115. The number of hydrogen-bond acceptors (Lipinski definition) is 12. The van der Waals surface area contributed by atoms with Crippen LogP contribution in [0.2, 0.25) is 25.1 Å². The molecule has 0 bridgehead atoms. The molecule has 0 spiro atoms. The topological polar surface area (TPSA) is 241 Å². The summed E-state index contributed by atoms with van der Waals surface area (Å²) in [6.07, 6.45) is 0.260. The maximum atomic E-state index is 13.2. The van der Waals surface area contributed by atoms with E-state index >= 15 is 0 Å². The predicted octanol–water partition coefficient (Wildman–Crippen LogP) is 22.4. The Kier molecular flexibility index (Phi) is 30.2. The lowest BCUT2D eigenvalue weighted by molar-refractivity contribution is -0.191. The van der Waals surface area contributed by atoms with Crippen LogP contribution in [0, 0.1) is 62.3 Å². The summed E-state index contributed by atoms with van der Waals surface area (Å²) >= 11 is 29.4. The average molecular weight is 1680 g/mol. The summed E-state index contributed by atoms with van der Waals surface area (Å²) in [5, 5.41) is 18.7. The molecule has 118 heavy (non-hydrogen) atoms. The van der Waals surface area contributed by atoms with Gasteiger partial charge < -0.3 is 19.9 Å². The molecule has 14 rings (SSSR count). The number of allylic oxidation sites excluding steroid dienone is 1. The van der Waals surface area contributed by atoms with Crippen LogP contribution in [0.3, 0.4) is 0 Å². The molecular formula is C95H84Cl5N5O13. The van der Waals surface area contributed by atoms with Gasteiger partial charge in [-0.05, 0) is 286 Å². The van der Waals surface area contributed by atoms with Crippen molar-refractivity contribution in [3.63, 3.8) is 0 Å². The Balaban J connectivity index is 0.000000167. The van der Waals surface area contributed by atoms with Gasteiger partial charge in [-0.2, -0.15) is 9.59 Å². The first kappa shape index (κ1) is 89.4. The van der Waals surface area contributed by atoms with Gasteiger partial charge in [-0.1, -0.05) is 123 Å². The summed E-state index contributed by atoms with van der Waals surface area (Å²) in [6, 6.07) is 65.5. The van der Waals surface area contributed by atoms with Crippen molar-refractivity contribution >= 4 is 166 Å². The number of nitrogens with zero attached hydrogens (tertiary/aromatic N) is 4. The lowest BCUT2D eigenvalue weighted by Crippen LogP contribution is -2.15. The van der Waals surface area contributed by atoms with Crippen LogP contribution < -0.4 is 5.32 Å². The number of benzene rings is 10. The van der Waals surface area contributed by atoms with E-state index in [0.29, 0.717) is 69.7 Å². The fourth-order valence-electron chi connectivity index (χ4n) is 13.7. The van der Waals surface area contributed by atoms with E-state index in [0.717, 1.165) is 105 Å². The number of carbonyl (C=O) groups is 8. The Morgan fingerprint density at radius 2 is 0.746 bits per heavy atom. The minimum atomic E-state index is -0.919. The monoisotopic (exact) mass is 1680 g/mol. The van der Waals surface area contributed by atoms with E-state index in [1.807, 2.05) is 153 Å². The number of aliphatic carboxylic acids is 1. The number of fused-ring (bicyclic) bond motifs is 4. The van der Waals surface area contributed by atoms with Crippen molar-refractivity contribution in [2.45, 2.75) is 94.9 Å². The van der Waals surface area contributed by atoms with Crippen molar-refractivity contribution in [2.24, 2.45) is 0 Å². The van der Waals surface area contributed by atoms with Crippen LogP contribution in [0.5, 0.6) is 0 Å². The number of halogens is 5. The molecule has 10 aromatic carbocycles. The van der Waals surface area contributed by atoms with E-state index in [-0.39, 0.29) is 60.5 Å². The molecule has 1 atom stereocenters. The summed E-state index contributed by atoms with van der Waals surface area (Å²) in [5.74, 6) is -2.74. The fraction of sp³-hybridized carbons (Fsp3) is 0.168. The lowest BCUT2D eigenvalue weighted by Gasteiger charge is -2.12. The van der Waals surface area contributed by atoms with Crippen LogP contribution in [-0.2, 0) is 46.3 Å². The number of amides is 1. The number of carboxylic acids is 1. The van der Waals surface area contributed by atoms with Crippen molar-refractivity contribution in [1.82, 2.24) is 18.3 Å². The molecule has 0 fully saturated rings. The second-order valence-corrected chi connectivity index (χ2v) is 30.3. The SMILES string of the molecule is C=C(C)c1cc(C)ccc1NC(=O)c1ccc(Cl)cc1.COC(=O)C(C)c1c(C)n(C(=O)c2ccc(Cl)cc2)c2ccc(C)cc12.COC(=O)Cc1c(C)n(C(=O)c2ccc(Cl)cc2)c2ccc(C)cc12.Cc1ccc2c(c1)c(CC(=O)O)c(C)n2C(=O)c1ccc(Cl)cc1.Cc1ccc2c(c1)cc(C)n2C(=O)c1ccc(Cl)cc1.O=C=O. The van der Waals surface area contributed by atoms with Gasteiger partial charge in [-0.25, -0.2) is 0 Å². The highest BCUT2D eigenvalue weighted by Gasteiger charge is 2.29. The molecular weight excluding hydrogens is 1600 g/mol. The van der Waals surface area contributed by atoms with Crippen LogP contribution in [0.4, 0.5) is 5.69 Å². The number of nitrogens with one attached hydrogen (secondary N) is 1. The Morgan fingerprint density at radius 1 is 0.415 bits per heavy atom. The molecule has 14 aromatic rings. The van der Waals surface area contributed by atoms with Crippen LogP contribution in [0.1, 0.15) is 144 Å². The third-order valence-electron chi connectivity index (χ3n) is 19.6. The Morgan fingerprint density at radius 3 is 1.13 bits per heavy atom. The van der Waals surface area contributed by atoms with Gasteiger partial charge in [-0.15, -0.1) is 0 Å². The van der Waals surface area contributed by atoms with Gasteiger partial charge in [0.25, 0.3) is 29.5 Å². The van der Waals surface area contributed by atoms with Gasteiger partial charge in [0.05, 0.1) is 55.0 Å². The molecule has 0 aliphatic heterocycles. The predicted molar refractivity (Wildman–Crippen MR) is 468 cm³/mol. The maximum Gasteiger partial charge on any atom is 0.373 e. The minimum absolute atomic E-state index is 0.0296. The van der Waals surface area contributed by atoms with Crippen LogP contribution in [0.15, 0.2) is 225 Å². The van der Waals surface area contributed by atoms with Gasteiger partial charge >= 0.3 is 24.1 Å². The fourth-order valence-corrected chi connectivity index (χ4v) is 14.4. The third kappa shape index (κ3) is 21.2. The first-order valence-electron chi connectivity index (χ1n) is 36.9. The number of aryl methyl sites for hydroxylation is 6. The quantitative estimate of drug-likeness (QED) is 0.102. The molecule has 0 saturated carbocycles. The smallest absolute Gasteiger partial charge is 0.373 e. The van der Waals surface area contributed by atoms with Gasteiger partial charge in [0.1, 0.15) is 0 Å². The van der Waals surface area contributed by atoms with Crippen molar-refractivity contribution < 1.29 is 62.5 Å². The van der Waals surface area contributed by atoms with E-state index in [1.54, 1.807) is 153 Å². The number of ether oxygens (including phenoxy) is 2. The molecule has 0 radical (unpaired) electrons. The summed E-state index contributed by atoms with van der Waals surface area (Å²) in [6.45, 7) is 25.1. The number of anilines is 1. The summed E-state index contributed by atoms with van der Waals surface area (Å²) in [5.41, 5.74) is 19.5. The first-order chi connectivity index (χ1) is 56.1. The first-order valence-corrected chi connectivity index (χ1v) is 38.8. The molecule has 0 aliphatic carbocycles. The van der Waals surface area contributed by atoms with E-state index < -0.39 is 11.9 Å². The second-order valence-electron chi connectivity index (χ2n) is 28.1. The molecule has 0 aliphatic rings. The van der Waals surface area contributed by atoms with Crippen molar-refractivity contribution in [3.05, 3.63) is 351 Å². The Hall–Kier alpha value is -12.5. The second kappa shape index (κ2) is 39.9. The molecule has 1 unspecified atom stereocenters. The number of methoxy groups -OCH3 is 2. The highest BCUT2D eigenvalue weighted by atomic mass is 35.5. The van der Waals surface area contributed by atoms with Crippen LogP contribution in [-0.4, -0.2) is 91.2 Å². The van der Waals surface area contributed by atoms with E-state index in [9.17, 15) is 43.5 Å². The van der Waals surface area contributed by atoms with Gasteiger partial charge in [-0.3, -0.25) is 56.6 Å². The molecule has 2 N–H and O–H groups in total. The van der Waals surface area contributed by atoms with Gasteiger partial charge in [0.15, 0.2) is 0 Å². The summed E-state index contributed by atoms with van der Waals surface area (Å²) < 4.78 is 16.4. The molecule has 1 amide bonds. The number of rotatable bonds is 13. The molecule has 18 nitrogen and oxygen atoms in total. The highest BCUT2D eigenvalue weighted by Crippen LogP contribution is 2.36. The standard InChI is InChI=1S/C21H20ClNO3.C20H18ClNO3.C19H16ClNO3.C17H14ClNO.C17H16ClNO.CO2/c1-12-5-10-18-17(11-12)19(13(2)21(25)26-4)14(3)23(18)20(24)15-6-8-16(22)9-7-15;1-12-4-9-18-17(10-12)16(11-19(23)25-3)13(2)22(18)20(24)14-5-7-15(21)8-6-14;1-11-3-8-17-16(9-11)15(10-18(22)23)12(2)21(17)19(24)13-4-6-14(20)7-5-13;1-11-3-8-16-14(9-11)10-12(2)19(16)17(20)13-4-6-15(18)7-5-13;1-11(2)15-10-12(3)4-9-16(15)19-17(20)13-5-7-14(18)8-6-13;2-1-3/h5-11,13H,1-4H3;4-10H,11H2,1-3H3;3-9H,10H2,1-2H3,(H,22,23);3-10H,1-2H3;4-10H,1H2,2-3H3,(H,19,20);. The summed E-state index contributed by atoms with van der Waals surface area (Å²) in [7, 11) is 2.73. The zero-order chi connectivity index (χ0) is 86.3. The van der Waals surface area contributed by atoms with E-state index in [2.05, 4.69) is 18.0 Å². The normalized spacial score (nSPS) is 10.9. The zero-order valence-corrected chi connectivity index (χ0v) is 70.8. The highest BCUT2D eigenvalue weighted by molar-refractivity contribution is 6.32. The number of hydrogen-bond donors (Lipinski definition) is 2. The van der Waals surface area contributed by atoms with E-state index in [1.165, 1.54) is 19.8 Å². The zero-order valence-electron chi connectivity index (χ0n) is 67.0. The maximum absolute atomic E-state index is 13.2. The Labute approximate surface area is 707 Å². The van der Waals surface area contributed by atoms with Crippen molar-refractivity contribution in [1.29, 1.82) is 0 Å². The molecule has 602 valence electrons. The number of esters is 2. The van der Waals surface area contributed by atoms with Crippen molar-refractivity contribution in [2.75, 3.05) is 19.5 Å². The molecule has 4 aromatic heterocycles. The third-order valence-corrected chi connectivity index (χ3v) is 20.8. The molecule has 4 heterocycles. The van der Waals surface area contributed by atoms with Gasteiger partial charge in [0.2, 0.25) is 0 Å². The average Bonchev–Trinajstić information content (AvgIpc) is 1.61. The Bertz CT molecular complexity index is 6230. The molecule has 0 saturated heterocycles. The van der Waals surface area contributed by atoms with Crippen LogP contribution >= 0.6 is 58.0 Å². The van der Waals surface area contributed by atoms with Crippen LogP contribution in [0.25, 0.3) is 49.2 Å². The number of carboxylic acid groups (broad SMARTS) is 1. The van der Waals surface area contributed by atoms with E-state index in [4.69, 9.17) is 77.1 Å². The van der Waals surface area contributed by atoms with Crippen molar-refractivity contribution in [3.8, 4) is 0 Å². The lowest BCUT2D eigenvalue weighted by atomic mass is 9.97. The minimum Gasteiger partial charge on any atom is -0.481 e. The number of aromatic nitrogens is 4. The number of carbonyl (C=O) groups excluding carboxylic acids is 9. The van der Waals surface area contributed by atoms with Gasteiger partial charge in [0, 0.05) is 109 Å². The molecule has 23 heteroatoms. The largest absolute Gasteiger partial charge is 0.481 e.